The lowest BCUT2D eigenvalue weighted by molar-refractivity contribution is 0.0955. The Hall–Kier alpha value is -1.39. The highest BCUT2D eigenvalue weighted by Gasteiger charge is 2.17. The molecule has 0 aliphatic rings. The largest absolute Gasteiger partial charge is 0.351 e. The van der Waals surface area contributed by atoms with Gasteiger partial charge >= 0.3 is 0 Å². The van der Waals surface area contributed by atoms with Gasteiger partial charge in [0.1, 0.15) is 0 Å². The van der Waals surface area contributed by atoms with E-state index in [1.54, 1.807) is 11.3 Å². The molecule has 1 heterocycles. The van der Waals surface area contributed by atoms with Gasteiger partial charge in [-0.3, -0.25) is 4.79 Å². The molecule has 2 rings (SSSR count). The van der Waals surface area contributed by atoms with Gasteiger partial charge in [0.2, 0.25) is 0 Å². The number of hydrogen-bond acceptors (Lipinski definition) is 3. The minimum atomic E-state index is 0.0918. The molecule has 1 aromatic heterocycles. The van der Waals surface area contributed by atoms with Crippen LogP contribution in [0.15, 0.2) is 24.3 Å². The first-order chi connectivity index (χ1) is 11.2. The molecule has 0 fully saturated rings. The zero-order valence-electron chi connectivity index (χ0n) is 14.5. The molecule has 0 atom stereocenters. The van der Waals surface area contributed by atoms with E-state index in [1.807, 2.05) is 6.07 Å². The number of aryl methyl sites for hydroxylation is 1. The molecule has 126 valence electrons. The van der Waals surface area contributed by atoms with Crippen LogP contribution in [0.3, 0.4) is 0 Å². The quantitative estimate of drug-likeness (QED) is 0.694. The first-order valence-electron chi connectivity index (χ1n) is 8.72. The third-order valence-corrected chi connectivity index (χ3v) is 5.45. The number of rotatable bonds is 9. The maximum absolute atomic E-state index is 12.6. The molecule has 0 bridgehead atoms. The molecule has 0 saturated carbocycles. The van der Waals surface area contributed by atoms with Crippen LogP contribution in [0.25, 0.3) is 10.1 Å². The van der Waals surface area contributed by atoms with Crippen molar-refractivity contribution < 1.29 is 4.79 Å². The fourth-order valence-electron chi connectivity index (χ4n) is 2.91. The Bertz CT molecular complexity index is 631. The normalized spacial score (nSPS) is 11.3. The van der Waals surface area contributed by atoms with Crippen molar-refractivity contribution in [2.45, 2.75) is 40.0 Å². The van der Waals surface area contributed by atoms with E-state index < -0.39 is 0 Å². The highest BCUT2D eigenvalue weighted by Crippen LogP contribution is 2.32. The lowest BCUT2D eigenvalue weighted by atomic mass is 10.1. The number of carbonyl (C=O) groups excluding carboxylic acids is 1. The zero-order valence-corrected chi connectivity index (χ0v) is 15.3. The number of fused-ring (bicyclic) bond motifs is 1. The maximum atomic E-state index is 12.6. The van der Waals surface area contributed by atoms with Crippen molar-refractivity contribution in [3.8, 4) is 0 Å². The molecule has 0 saturated heterocycles. The molecule has 0 aliphatic heterocycles. The number of benzene rings is 1. The second kappa shape index (κ2) is 9.04. The fraction of sp³-hybridized carbons (Fsp3) is 0.526. The molecular weight excluding hydrogens is 304 g/mol. The van der Waals surface area contributed by atoms with Crippen molar-refractivity contribution in [1.29, 1.82) is 0 Å². The summed E-state index contributed by atoms with van der Waals surface area (Å²) >= 11 is 1.62. The Morgan fingerprint density at radius 1 is 1.17 bits per heavy atom. The van der Waals surface area contributed by atoms with Crippen molar-refractivity contribution in [3.63, 3.8) is 0 Å². The molecule has 1 amide bonds. The molecule has 0 aliphatic carbocycles. The van der Waals surface area contributed by atoms with E-state index in [9.17, 15) is 4.79 Å². The summed E-state index contributed by atoms with van der Waals surface area (Å²) in [5.74, 6) is 0.0918. The van der Waals surface area contributed by atoms with Crippen LogP contribution in [0.4, 0.5) is 0 Å². The Kier molecular flexibility index (Phi) is 7.06. The second-order valence-corrected chi connectivity index (χ2v) is 6.84. The first-order valence-corrected chi connectivity index (χ1v) is 9.53. The average molecular weight is 333 g/mol. The highest BCUT2D eigenvalue weighted by molar-refractivity contribution is 7.21. The van der Waals surface area contributed by atoms with Crippen LogP contribution in [0, 0.1) is 0 Å². The van der Waals surface area contributed by atoms with E-state index in [0.29, 0.717) is 0 Å². The minimum absolute atomic E-state index is 0.0918. The Labute approximate surface area is 143 Å². The molecule has 1 aromatic carbocycles. The summed E-state index contributed by atoms with van der Waals surface area (Å²) in [6, 6.07) is 8.34. The van der Waals surface area contributed by atoms with Gasteiger partial charge in [-0.15, -0.1) is 11.3 Å². The smallest absolute Gasteiger partial charge is 0.261 e. The summed E-state index contributed by atoms with van der Waals surface area (Å²) in [6.07, 6.45) is 3.02. The fourth-order valence-corrected chi connectivity index (χ4v) is 4.07. The lowest BCUT2D eigenvalue weighted by Gasteiger charge is -2.17. The molecule has 1 N–H and O–H groups in total. The van der Waals surface area contributed by atoms with Gasteiger partial charge in [0.05, 0.1) is 4.88 Å². The molecule has 0 spiro atoms. The van der Waals surface area contributed by atoms with E-state index >= 15 is 0 Å². The first kappa shape index (κ1) is 18.0. The third-order valence-electron chi connectivity index (χ3n) is 4.24. The standard InChI is InChI=1S/C19H28N2OS/c1-4-10-16-15-11-7-8-12-17(15)23-18(16)19(22)20-13-9-14-21(5-2)6-3/h7-8,11-12H,4-6,9-10,13-14H2,1-3H3,(H,20,22). The van der Waals surface area contributed by atoms with Crippen molar-refractivity contribution in [1.82, 2.24) is 10.2 Å². The summed E-state index contributed by atoms with van der Waals surface area (Å²) < 4.78 is 1.21. The Morgan fingerprint density at radius 3 is 2.61 bits per heavy atom. The molecule has 23 heavy (non-hydrogen) atoms. The summed E-state index contributed by atoms with van der Waals surface area (Å²) in [4.78, 5) is 15.9. The molecule has 2 aromatic rings. The Balaban J connectivity index is 2.01. The van der Waals surface area contributed by atoms with Crippen LogP contribution in [-0.2, 0) is 6.42 Å². The van der Waals surface area contributed by atoms with Crippen LogP contribution in [0.5, 0.6) is 0 Å². The van der Waals surface area contributed by atoms with Crippen molar-refractivity contribution in [2.75, 3.05) is 26.2 Å². The van der Waals surface area contributed by atoms with Crippen molar-refractivity contribution in [3.05, 3.63) is 34.7 Å². The van der Waals surface area contributed by atoms with E-state index in [2.05, 4.69) is 49.2 Å². The SMILES string of the molecule is CCCc1c(C(=O)NCCCN(CC)CC)sc2ccccc12. The predicted molar refractivity (Wildman–Crippen MR) is 101 cm³/mol. The van der Waals surface area contributed by atoms with Crippen LogP contribution >= 0.6 is 11.3 Å². The number of nitrogens with zero attached hydrogens (tertiary/aromatic N) is 1. The number of carbonyl (C=O) groups is 1. The van der Waals surface area contributed by atoms with Crippen LogP contribution in [0.1, 0.15) is 48.8 Å². The van der Waals surface area contributed by atoms with E-state index in [4.69, 9.17) is 0 Å². The van der Waals surface area contributed by atoms with Gasteiger partial charge in [0.25, 0.3) is 5.91 Å². The molecule has 4 heteroatoms. The van der Waals surface area contributed by atoms with Gasteiger partial charge in [0.15, 0.2) is 0 Å². The molecule has 0 unspecified atom stereocenters. The summed E-state index contributed by atoms with van der Waals surface area (Å²) in [5.41, 5.74) is 1.22. The Morgan fingerprint density at radius 2 is 1.91 bits per heavy atom. The van der Waals surface area contributed by atoms with E-state index in [0.717, 1.165) is 50.3 Å². The summed E-state index contributed by atoms with van der Waals surface area (Å²) in [5, 5.41) is 4.35. The average Bonchev–Trinajstić information content (AvgIpc) is 2.94. The van der Waals surface area contributed by atoms with Crippen LogP contribution < -0.4 is 5.32 Å². The second-order valence-electron chi connectivity index (χ2n) is 5.79. The molecular formula is C19H28N2OS. The maximum Gasteiger partial charge on any atom is 0.261 e. The third kappa shape index (κ3) is 4.55. The topological polar surface area (TPSA) is 32.3 Å². The number of hydrogen-bond donors (Lipinski definition) is 1. The lowest BCUT2D eigenvalue weighted by Crippen LogP contribution is -2.29. The number of nitrogens with one attached hydrogen (secondary N) is 1. The minimum Gasteiger partial charge on any atom is -0.351 e. The van der Waals surface area contributed by atoms with Gasteiger partial charge in [-0.25, -0.2) is 0 Å². The van der Waals surface area contributed by atoms with Gasteiger partial charge in [-0.2, -0.15) is 0 Å². The van der Waals surface area contributed by atoms with Gasteiger partial charge in [-0.1, -0.05) is 45.4 Å². The number of amides is 1. The summed E-state index contributed by atoms with van der Waals surface area (Å²) in [7, 11) is 0. The molecule has 0 radical (unpaired) electrons. The number of thiophene rings is 1. The van der Waals surface area contributed by atoms with Crippen molar-refractivity contribution >= 4 is 27.3 Å². The van der Waals surface area contributed by atoms with Gasteiger partial charge < -0.3 is 10.2 Å². The van der Waals surface area contributed by atoms with Crippen molar-refractivity contribution in [2.24, 2.45) is 0 Å². The van der Waals surface area contributed by atoms with Crippen LogP contribution in [0.2, 0.25) is 0 Å². The zero-order chi connectivity index (χ0) is 16.7. The summed E-state index contributed by atoms with van der Waals surface area (Å²) in [6.45, 7) is 10.4. The monoisotopic (exact) mass is 332 g/mol. The van der Waals surface area contributed by atoms with E-state index in [1.165, 1.54) is 15.6 Å². The van der Waals surface area contributed by atoms with Gasteiger partial charge in [-0.05, 0) is 49.5 Å². The highest BCUT2D eigenvalue weighted by atomic mass is 32.1. The predicted octanol–water partition coefficient (Wildman–Crippen LogP) is 4.32. The van der Waals surface area contributed by atoms with Crippen LogP contribution in [-0.4, -0.2) is 37.0 Å². The van der Waals surface area contributed by atoms with E-state index in [-0.39, 0.29) is 5.91 Å². The van der Waals surface area contributed by atoms with Gasteiger partial charge in [0, 0.05) is 11.2 Å². The molecule has 3 nitrogen and oxygen atoms in total.